The van der Waals surface area contributed by atoms with E-state index >= 15 is 0 Å². The van der Waals surface area contributed by atoms with Crippen LogP contribution in [0.15, 0.2) is 11.4 Å². The number of aryl methyl sites for hydroxylation is 2. The quantitative estimate of drug-likeness (QED) is 0.419. The third-order valence-corrected chi connectivity index (χ3v) is 7.60. The first-order valence-corrected chi connectivity index (χ1v) is 11.8. The van der Waals surface area contributed by atoms with Crippen LogP contribution in [-0.2, 0) is 27.2 Å². The molecule has 1 aliphatic carbocycles. The average Bonchev–Trinajstić information content (AvgIpc) is 3.11. The molecule has 3 heterocycles. The molecule has 0 saturated carbocycles. The Hall–Kier alpha value is -1.67. The fourth-order valence-corrected chi connectivity index (χ4v) is 6.30. The van der Waals surface area contributed by atoms with Gasteiger partial charge in [-0.2, -0.15) is 0 Å². The number of piperidine rings is 1. The van der Waals surface area contributed by atoms with Gasteiger partial charge in [-0.05, 0) is 57.4 Å². The molecule has 1 saturated heterocycles. The number of thioether (sulfide) groups is 1. The Morgan fingerprint density at radius 2 is 2.11 bits per heavy atom. The third kappa shape index (κ3) is 3.89. The summed E-state index contributed by atoms with van der Waals surface area (Å²) in [5.74, 6) is -0.0115. The maximum atomic E-state index is 12.9. The fraction of sp³-hybridized carbons (Fsp3) is 0.600. The standard InChI is InChI=1S/C20H25N3O3S2/c1-2-26-20(25)14-8-5-6-10-23(14)16(24)11-27-18-17-13-7-3-4-9-15(13)28-19(17)22-12-21-18/h12,14H,2-11H2,1H3/t14-/m1/s1. The van der Waals surface area contributed by atoms with Crippen LogP contribution in [0.1, 0.15) is 49.5 Å². The van der Waals surface area contributed by atoms with Gasteiger partial charge >= 0.3 is 5.97 Å². The molecular weight excluding hydrogens is 394 g/mol. The summed E-state index contributed by atoms with van der Waals surface area (Å²) in [5.41, 5.74) is 1.38. The van der Waals surface area contributed by atoms with Crippen molar-refractivity contribution < 1.29 is 14.3 Å². The van der Waals surface area contributed by atoms with E-state index in [1.165, 1.54) is 35.0 Å². The van der Waals surface area contributed by atoms with Crippen LogP contribution in [0.2, 0.25) is 0 Å². The first-order chi connectivity index (χ1) is 13.7. The van der Waals surface area contributed by atoms with Crippen molar-refractivity contribution in [1.82, 2.24) is 14.9 Å². The smallest absolute Gasteiger partial charge is 0.328 e. The molecule has 4 rings (SSSR count). The zero-order valence-corrected chi connectivity index (χ0v) is 17.7. The second-order valence-corrected chi connectivity index (χ2v) is 9.26. The molecule has 8 heteroatoms. The average molecular weight is 420 g/mol. The van der Waals surface area contributed by atoms with E-state index in [-0.39, 0.29) is 17.6 Å². The van der Waals surface area contributed by atoms with Crippen molar-refractivity contribution in [1.29, 1.82) is 0 Å². The van der Waals surface area contributed by atoms with E-state index in [2.05, 4.69) is 9.97 Å². The highest BCUT2D eigenvalue weighted by Crippen LogP contribution is 2.39. The molecule has 1 aliphatic heterocycles. The van der Waals surface area contributed by atoms with Crippen molar-refractivity contribution >= 4 is 45.2 Å². The summed E-state index contributed by atoms with van der Waals surface area (Å²) in [7, 11) is 0. The number of carbonyl (C=O) groups is 2. The summed E-state index contributed by atoms with van der Waals surface area (Å²) >= 11 is 3.23. The lowest BCUT2D eigenvalue weighted by Gasteiger charge is -2.34. The molecule has 2 aliphatic rings. The number of aromatic nitrogens is 2. The third-order valence-electron chi connectivity index (χ3n) is 5.43. The molecule has 1 fully saturated rings. The first-order valence-electron chi connectivity index (χ1n) is 10.0. The van der Waals surface area contributed by atoms with Gasteiger partial charge in [0.2, 0.25) is 5.91 Å². The number of hydrogen-bond acceptors (Lipinski definition) is 7. The highest BCUT2D eigenvalue weighted by atomic mass is 32.2. The number of hydrogen-bond donors (Lipinski definition) is 0. The molecule has 0 spiro atoms. The first kappa shape index (κ1) is 19.6. The van der Waals surface area contributed by atoms with Crippen molar-refractivity contribution in [3.8, 4) is 0 Å². The second kappa shape index (κ2) is 8.78. The maximum Gasteiger partial charge on any atom is 0.328 e. The minimum atomic E-state index is -0.443. The Labute approximate surface area is 173 Å². The van der Waals surface area contributed by atoms with E-state index in [0.717, 1.165) is 40.9 Å². The maximum absolute atomic E-state index is 12.9. The molecule has 1 amide bonds. The molecule has 150 valence electrons. The number of ether oxygens (including phenoxy) is 1. The molecule has 2 aromatic rings. The Bertz CT molecular complexity index is 883. The SMILES string of the molecule is CCOC(=O)[C@H]1CCCCN1C(=O)CSc1ncnc2sc3c(c12)CCCC3. The minimum Gasteiger partial charge on any atom is -0.464 e. The van der Waals surface area contributed by atoms with E-state index in [1.807, 2.05) is 0 Å². The van der Waals surface area contributed by atoms with Crippen LogP contribution in [0.5, 0.6) is 0 Å². The van der Waals surface area contributed by atoms with Crippen molar-refractivity contribution in [2.75, 3.05) is 18.9 Å². The monoisotopic (exact) mass is 419 g/mol. The summed E-state index contributed by atoms with van der Waals surface area (Å²) in [5, 5.41) is 2.03. The number of rotatable bonds is 5. The summed E-state index contributed by atoms with van der Waals surface area (Å²) in [4.78, 5) is 38.3. The van der Waals surface area contributed by atoms with E-state index < -0.39 is 6.04 Å². The van der Waals surface area contributed by atoms with Gasteiger partial charge in [0.1, 0.15) is 22.2 Å². The van der Waals surface area contributed by atoms with Crippen LogP contribution in [0.4, 0.5) is 0 Å². The topological polar surface area (TPSA) is 72.4 Å². The van der Waals surface area contributed by atoms with Gasteiger partial charge in [0, 0.05) is 16.8 Å². The predicted molar refractivity (Wildman–Crippen MR) is 111 cm³/mol. The summed E-state index contributed by atoms with van der Waals surface area (Å²) < 4.78 is 5.18. The van der Waals surface area contributed by atoms with E-state index in [1.54, 1.807) is 29.5 Å². The van der Waals surface area contributed by atoms with E-state index in [9.17, 15) is 9.59 Å². The molecule has 28 heavy (non-hydrogen) atoms. The fourth-order valence-electron chi connectivity index (χ4n) is 4.10. The summed E-state index contributed by atoms with van der Waals surface area (Å²) in [6.45, 7) is 2.76. The predicted octanol–water partition coefficient (Wildman–Crippen LogP) is 3.61. The van der Waals surface area contributed by atoms with Crippen LogP contribution in [-0.4, -0.2) is 51.7 Å². The van der Waals surface area contributed by atoms with Crippen LogP contribution >= 0.6 is 23.1 Å². The molecule has 0 aromatic carbocycles. The van der Waals surface area contributed by atoms with Gasteiger partial charge in [0.15, 0.2) is 0 Å². The van der Waals surface area contributed by atoms with Gasteiger partial charge in [0.25, 0.3) is 0 Å². The van der Waals surface area contributed by atoms with Gasteiger partial charge in [0.05, 0.1) is 12.4 Å². The van der Waals surface area contributed by atoms with Gasteiger partial charge in [-0.15, -0.1) is 11.3 Å². The Morgan fingerprint density at radius 3 is 2.96 bits per heavy atom. The molecule has 0 unspecified atom stereocenters. The Balaban J connectivity index is 1.50. The van der Waals surface area contributed by atoms with Gasteiger partial charge in [-0.1, -0.05) is 11.8 Å². The number of carbonyl (C=O) groups excluding carboxylic acids is 2. The molecule has 0 radical (unpaired) electrons. The van der Waals surface area contributed by atoms with Crippen LogP contribution in [0.3, 0.4) is 0 Å². The zero-order chi connectivity index (χ0) is 19.5. The zero-order valence-electron chi connectivity index (χ0n) is 16.1. The van der Waals surface area contributed by atoms with Crippen molar-refractivity contribution in [3.05, 3.63) is 16.8 Å². The largest absolute Gasteiger partial charge is 0.464 e. The molecule has 1 atom stereocenters. The molecule has 0 bridgehead atoms. The molecule has 0 N–H and O–H groups in total. The molecule has 2 aromatic heterocycles. The number of thiophene rings is 1. The number of esters is 1. The summed E-state index contributed by atoms with van der Waals surface area (Å²) in [6, 6.07) is -0.443. The van der Waals surface area contributed by atoms with Crippen LogP contribution in [0.25, 0.3) is 10.2 Å². The molecular formula is C20H25N3O3S2. The highest BCUT2D eigenvalue weighted by molar-refractivity contribution is 8.00. The number of fused-ring (bicyclic) bond motifs is 3. The lowest BCUT2D eigenvalue weighted by atomic mass is 9.97. The van der Waals surface area contributed by atoms with E-state index in [4.69, 9.17) is 4.74 Å². The Kier molecular flexibility index (Phi) is 6.16. The lowest BCUT2D eigenvalue weighted by molar-refractivity contribution is -0.155. The highest BCUT2D eigenvalue weighted by Gasteiger charge is 2.33. The summed E-state index contributed by atoms with van der Waals surface area (Å²) in [6.07, 6.45) is 8.79. The van der Waals surface area contributed by atoms with Crippen molar-refractivity contribution in [2.24, 2.45) is 0 Å². The Morgan fingerprint density at radius 1 is 1.25 bits per heavy atom. The van der Waals surface area contributed by atoms with Gasteiger partial charge in [-0.3, -0.25) is 4.79 Å². The minimum absolute atomic E-state index is 0.0152. The normalized spacial score (nSPS) is 19.5. The van der Waals surface area contributed by atoms with Crippen molar-refractivity contribution in [2.45, 2.75) is 62.9 Å². The van der Waals surface area contributed by atoms with Gasteiger partial charge < -0.3 is 9.64 Å². The number of amides is 1. The van der Waals surface area contributed by atoms with Gasteiger partial charge in [-0.25, -0.2) is 14.8 Å². The van der Waals surface area contributed by atoms with Crippen molar-refractivity contribution in [3.63, 3.8) is 0 Å². The number of likely N-dealkylation sites (tertiary alicyclic amines) is 1. The van der Waals surface area contributed by atoms with Crippen LogP contribution < -0.4 is 0 Å². The second-order valence-electron chi connectivity index (χ2n) is 7.21. The van der Waals surface area contributed by atoms with Crippen LogP contribution in [0, 0.1) is 0 Å². The van der Waals surface area contributed by atoms with E-state index in [0.29, 0.717) is 19.6 Å². The number of nitrogens with zero attached hydrogens (tertiary/aromatic N) is 3. The lowest BCUT2D eigenvalue weighted by Crippen LogP contribution is -2.49. The molecule has 6 nitrogen and oxygen atoms in total.